The number of anilines is 1. The molecule has 0 radical (unpaired) electrons. The number of hydrogen-bond acceptors (Lipinski definition) is 6. The third-order valence-electron chi connectivity index (χ3n) is 6.07. The maximum Gasteiger partial charge on any atom is 0.205 e. The molecule has 32 heavy (non-hydrogen) atoms. The van der Waals surface area contributed by atoms with Crippen molar-refractivity contribution in [1.82, 2.24) is 30.6 Å². The summed E-state index contributed by atoms with van der Waals surface area (Å²) in [6, 6.07) is 16.9. The molecule has 0 saturated heterocycles. The first-order chi connectivity index (χ1) is 15.8. The molecule has 1 aliphatic rings. The largest absolute Gasteiger partial charge is 0.352 e. The normalized spacial score (nSPS) is 13.2. The Morgan fingerprint density at radius 2 is 1.75 bits per heavy atom. The molecule has 0 amide bonds. The van der Waals surface area contributed by atoms with Crippen molar-refractivity contribution >= 4 is 5.82 Å². The number of rotatable bonds is 6. The molecule has 1 aliphatic heterocycles. The molecule has 0 bridgehead atoms. The van der Waals surface area contributed by atoms with Gasteiger partial charge in [-0.15, -0.1) is 10.2 Å². The molecule has 162 valence electrons. The molecule has 3 heterocycles. The van der Waals surface area contributed by atoms with Crippen LogP contribution in [0, 0.1) is 0 Å². The van der Waals surface area contributed by atoms with Crippen molar-refractivity contribution in [1.29, 1.82) is 0 Å². The van der Waals surface area contributed by atoms with Crippen LogP contribution >= 0.6 is 0 Å². The van der Waals surface area contributed by atoms with E-state index in [1.54, 1.807) is 0 Å². The molecular formula is C25H27N7. The smallest absolute Gasteiger partial charge is 0.205 e. The zero-order valence-electron chi connectivity index (χ0n) is 18.5. The zero-order chi connectivity index (χ0) is 21.9. The van der Waals surface area contributed by atoms with Crippen LogP contribution in [0.1, 0.15) is 42.9 Å². The summed E-state index contributed by atoms with van der Waals surface area (Å²) in [5, 5.41) is 14.5. The lowest BCUT2D eigenvalue weighted by Crippen LogP contribution is -2.31. The van der Waals surface area contributed by atoms with Gasteiger partial charge in [0.2, 0.25) is 5.82 Å². The molecular weight excluding hydrogens is 398 g/mol. The standard InChI is InChI=1S/C25H27N7/c1-3-22-21-10-7-15-32(25(21)27-23(4-2)26-22)16-17-11-13-18(14-12-17)19-8-5-6-9-20(19)24-28-30-31-29-24/h5-6,8-9,11-14H,3-4,7,10,15-16H2,1-2H3,(H,28,29,30,31). The molecule has 0 fully saturated rings. The summed E-state index contributed by atoms with van der Waals surface area (Å²) in [6.07, 6.45) is 4.04. The first-order valence-electron chi connectivity index (χ1n) is 11.3. The predicted molar refractivity (Wildman–Crippen MR) is 125 cm³/mol. The average molecular weight is 426 g/mol. The lowest BCUT2D eigenvalue weighted by Gasteiger charge is -2.31. The van der Waals surface area contributed by atoms with Gasteiger partial charge >= 0.3 is 0 Å². The van der Waals surface area contributed by atoms with Crippen LogP contribution in [0.5, 0.6) is 0 Å². The van der Waals surface area contributed by atoms with Crippen LogP contribution < -0.4 is 4.90 Å². The third-order valence-corrected chi connectivity index (χ3v) is 6.07. The molecule has 2 aromatic carbocycles. The Kier molecular flexibility index (Phi) is 5.62. The van der Waals surface area contributed by atoms with Crippen LogP contribution in [0.3, 0.4) is 0 Å². The van der Waals surface area contributed by atoms with E-state index in [2.05, 4.69) is 69.7 Å². The van der Waals surface area contributed by atoms with Gasteiger partial charge in [-0.25, -0.2) is 9.97 Å². The number of nitrogens with zero attached hydrogens (tertiary/aromatic N) is 6. The number of nitrogens with one attached hydrogen (secondary N) is 1. The van der Waals surface area contributed by atoms with Crippen molar-refractivity contribution in [3.63, 3.8) is 0 Å². The highest BCUT2D eigenvalue weighted by Gasteiger charge is 2.22. The van der Waals surface area contributed by atoms with Gasteiger partial charge in [-0.05, 0) is 41.2 Å². The van der Waals surface area contributed by atoms with Crippen molar-refractivity contribution in [2.75, 3.05) is 11.4 Å². The van der Waals surface area contributed by atoms with Crippen LogP contribution in [0.25, 0.3) is 22.5 Å². The fourth-order valence-electron chi connectivity index (χ4n) is 4.46. The second-order valence-electron chi connectivity index (χ2n) is 8.10. The van der Waals surface area contributed by atoms with Crippen molar-refractivity contribution in [2.45, 2.75) is 46.1 Å². The highest BCUT2D eigenvalue weighted by Crippen LogP contribution is 2.32. The summed E-state index contributed by atoms with van der Waals surface area (Å²) in [7, 11) is 0. The minimum Gasteiger partial charge on any atom is -0.352 e. The van der Waals surface area contributed by atoms with Crippen molar-refractivity contribution in [3.05, 3.63) is 71.2 Å². The van der Waals surface area contributed by atoms with E-state index in [0.717, 1.165) is 67.1 Å². The molecule has 2 aromatic heterocycles. The molecule has 0 saturated carbocycles. The highest BCUT2D eigenvalue weighted by molar-refractivity contribution is 5.80. The molecule has 0 spiro atoms. The minimum absolute atomic E-state index is 0.604. The number of aryl methyl sites for hydroxylation is 2. The van der Waals surface area contributed by atoms with Crippen molar-refractivity contribution in [3.8, 4) is 22.5 Å². The number of aromatic nitrogens is 6. The molecule has 5 rings (SSSR count). The van der Waals surface area contributed by atoms with Gasteiger partial charge in [0.1, 0.15) is 11.6 Å². The van der Waals surface area contributed by atoms with Gasteiger partial charge in [-0.2, -0.15) is 5.21 Å². The SMILES string of the molecule is CCc1nc(CC)c2c(n1)N(Cc1ccc(-c3ccccc3-c3nn[nH]n3)cc1)CCC2. The van der Waals surface area contributed by atoms with Gasteiger partial charge in [-0.3, -0.25) is 0 Å². The Bertz CT molecular complexity index is 1200. The zero-order valence-corrected chi connectivity index (χ0v) is 18.5. The maximum absolute atomic E-state index is 4.92. The molecule has 0 unspecified atom stereocenters. The Balaban J connectivity index is 1.42. The molecule has 4 aromatic rings. The van der Waals surface area contributed by atoms with Gasteiger partial charge in [0.05, 0.1) is 0 Å². The first-order valence-corrected chi connectivity index (χ1v) is 11.3. The number of fused-ring (bicyclic) bond motifs is 1. The topological polar surface area (TPSA) is 83.5 Å². The van der Waals surface area contributed by atoms with Gasteiger partial charge in [0, 0.05) is 36.3 Å². The lowest BCUT2D eigenvalue weighted by atomic mass is 9.97. The van der Waals surface area contributed by atoms with Crippen molar-refractivity contribution in [2.24, 2.45) is 0 Å². The summed E-state index contributed by atoms with van der Waals surface area (Å²) in [5.74, 6) is 2.68. The van der Waals surface area contributed by atoms with E-state index < -0.39 is 0 Å². The fourth-order valence-corrected chi connectivity index (χ4v) is 4.46. The number of H-pyrrole nitrogens is 1. The molecule has 1 N–H and O–H groups in total. The molecule has 0 aliphatic carbocycles. The van der Waals surface area contributed by atoms with E-state index in [-0.39, 0.29) is 0 Å². The molecule has 0 atom stereocenters. The number of tetrazole rings is 1. The Morgan fingerprint density at radius 3 is 2.47 bits per heavy atom. The lowest BCUT2D eigenvalue weighted by molar-refractivity contribution is 0.658. The van der Waals surface area contributed by atoms with E-state index in [1.165, 1.54) is 16.8 Å². The predicted octanol–water partition coefficient (Wildman–Crippen LogP) is 4.40. The summed E-state index contributed by atoms with van der Waals surface area (Å²) in [6.45, 7) is 6.19. The Labute approximate surface area is 187 Å². The summed E-state index contributed by atoms with van der Waals surface area (Å²) >= 11 is 0. The van der Waals surface area contributed by atoms with Crippen LogP contribution in [0.4, 0.5) is 5.82 Å². The second-order valence-corrected chi connectivity index (χ2v) is 8.10. The maximum atomic E-state index is 4.92. The second kappa shape index (κ2) is 8.86. The van der Waals surface area contributed by atoms with Crippen LogP contribution in [0.2, 0.25) is 0 Å². The monoisotopic (exact) mass is 425 g/mol. The van der Waals surface area contributed by atoms with E-state index in [4.69, 9.17) is 9.97 Å². The average Bonchev–Trinajstić information content (AvgIpc) is 3.39. The molecule has 7 heteroatoms. The Morgan fingerprint density at radius 1 is 0.938 bits per heavy atom. The van der Waals surface area contributed by atoms with Gasteiger partial charge in [0.15, 0.2) is 0 Å². The number of hydrogen-bond donors (Lipinski definition) is 1. The summed E-state index contributed by atoms with van der Waals surface area (Å²) < 4.78 is 0. The molecule has 7 nitrogen and oxygen atoms in total. The minimum atomic E-state index is 0.604. The highest BCUT2D eigenvalue weighted by atomic mass is 15.5. The Hall–Kier alpha value is -3.61. The van der Waals surface area contributed by atoms with Crippen LogP contribution in [0.15, 0.2) is 48.5 Å². The van der Waals surface area contributed by atoms with Crippen molar-refractivity contribution < 1.29 is 0 Å². The quantitative estimate of drug-likeness (QED) is 0.493. The summed E-state index contributed by atoms with van der Waals surface area (Å²) in [4.78, 5) is 12.1. The van der Waals surface area contributed by atoms with E-state index >= 15 is 0 Å². The number of benzene rings is 2. The van der Waals surface area contributed by atoms with E-state index in [0.29, 0.717) is 5.82 Å². The van der Waals surface area contributed by atoms with Crippen LogP contribution in [-0.4, -0.2) is 37.1 Å². The van der Waals surface area contributed by atoms with Gasteiger partial charge in [0.25, 0.3) is 0 Å². The fraction of sp³-hybridized carbons (Fsp3) is 0.320. The summed E-state index contributed by atoms with van der Waals surface area (Å²) in [5.41, 5.74) is 7.02. The number of aromatic amines is 1. The third kappa shape index (κ3) is 3.86. The van der Waals surface area contributed by atoms with E-state index in [1.807, 2.05) is 18.2 Å². The van der Waals surface area contributed by atoms with Gasteiger partial charge < -0.3 is 4.90 Å². The first kappa shape index (κ1) is 20.3. The van der Waals surface area contributed by atoms with E-state index in [9.17, 15) is 0 Å². The van der Waals surface area contributed by atoms with Gasteiger partial charge in [-0.1, -0.05) is 62.4 Å². The van der Waals surface area contributed by atoms with Crippen LogP contribution in [-0.2, 0) is 25.8 Å².